The van der Waals surface area contributed by atoms with Crippen molar-refractivity contribution in [2.45, 2.75) is 12.4 Å². The highest BCUT2D eigenvalue weighted by atomic mass is 19.4. The fourth-order valence-corrected chi connectivity index (χ4v) is 2.68. The Labute approximate surface area is 139 Å². The third kappa shape index (κ3) is 2.55. The summed E-state index contributed by atoms with van der Waals surface area (Å²) in [5.74, 6) is -0.00243. The number of fused-ring (bicyclic) bond motifs is 3. The number of halogens is 6. The van der Waals surface area contributed by atoms with Crippen molar-refractivity contribution in [2.24, 2.45) is 0 Å². The monoisotopic (exact) mass is 372 g/mol. The highest BCUT2D eigenvalue weighted by molar-refractivity contribution is 6.06. The lowest BCUT2D eigenvalue weighted by atomic mass is 10.0. The molecule has 0 radical (unpaired) electrons. The Morgan fingerprint density at radius 2 is 1.69 bits per heavy atom. The summed E-state index contributed by atoms with van der Waals surface area (Å²) in [5.41, 5.74) is -2.90. The highest BCUT2D eigenvalue weighted by Crippen LogP contribution is 2.40. The standard InChI is InChI=1S/C15H6F6N4O/c16-14(17,18)8-4-11(15(19,20)21)24-12-6(8)1-2-9-7(12)3-10(23-9)13-25-22-5-26-13/h1-5,24H. The van der Waals surface area contributed by atoms with E-state index in [0.29, 0.717) is 0 Å². The van der Waals surface area contributed by atoms with Gasteiger partial charge in [0.05, 0.1) is 16.6 Å². The summed E-state index contributed by atoms with van der Waals surface area (Å²) in [6.07, 6.45) is -8.91. The highest BCUT2D eigenvalue weighted by Gasteiger charge is 2.38. The fourth-order valence-electron chi connectivity index (χ4n) is 2.68. The quantitative estimate of drug-likeness (QED) is 0.487. The minimum Gasteiger partial charge on any atom is -0.422 e. The maximum absolute atomic E-state index is 13.3. The molecule has 0 bridgehead atoms. The minimum absolute atomic E-state index is 0.00243. The lowest BCUT2D eigenvalue weighted by Crippen LogP contribution is -2.13. The van der Waals surface area contributed by atoms with Crippen LogP contribution in [0.3, 0.4) is 0 Å². The first-order valence-corrected chi connectivity index (χ1v) is 7.02. The van der Waals surface area contributed by atoms with Gasteiger partial charge in [-0.05, 0) is 18.2 Å². The summed E-state index contributed by atoms with van der Waals surface area (Å²) in [4.78, 5) is 6.16. The summed E-state index contributed by atoms with van der Waals surface area (Å²) >= 11 is 0. The largest absolute Gasteiger partial charge is 0.431 e. The van der Waals surface area contributed by atoms with Crippen molar-refractivity contribution < 1.29 is 30.8 Å². The van der Waals surface area contributed by atoms with Gasteiger partial charge in [0.15, 0.2) is 0 Å². The zero-order valence-corrected chi connectivity index (χ0v) is 12.4. The van der Waals surface area contributed by atoms with Crippen LogP contribution in [-0.4, -0.2) is 20.2 Å². The van der Waals surface area contributed by atoms with Gasteiger partial charge in [0.2, 0.25) is 6.39 Å². The van der Waals surface area contributed by atoms with E-state index in [-0.39, 0.29) is 34.1 Å². The van der Waals surface area contributed by atoms with E-state index in [1.807, 2.05) is 4.98 Å². The predicted molar refractivity (Wildman–Crippen MR) is 76.9 cm³/mol. The summed E-state index contributed by atoms with van der Waals surface area (Å²) in [6, 6.07) is 3.71. The van der Waals surface area contributed by atoms with E-state index in [4.69, 9.17) is 4.42 Å². The molecule has 3 heterocycles. The molecule has 4 aromatic rings. The van der Waals surface area contributed by atoms with E-state index >= 15 is 0 Å². The molecule has 1 aromatic carbocycles. The average molecular weight is 372 g/mol. The second-order valence-corrected chi connectivity index (χ2v) is 5.40. The van der Waals surface area contributed by atoms with Crippen molar-refractivity contribution in [1.29, 1.82) is 0 Å². The molecule has 0 amide bonds. The Morgan fingerprint density at radius 1 is 0.923 bits per heavy atom. The molecule has 0 unspecified atom stereocenters. The van der Waals surface area contributed by atoms with Crippen molar-refractivity contribution in [3.05, 3.63) is 41.9 Å². The number of pyridine rings is 1. The molecule has 0 aliphatic rings. The van der Waals surface area contributed by atoms with E-state index in [0.717, 1.165) is 12.5 Å². The van der Waals surface area contributed by atoms with Crippen molar-refractivity contribution >= 4 is 21.8 Å². The molecule has 0 aliphatic carbocycles. The van der Waals surface area contributed by atoms with E-state index in [1.54, 1.807) is 0 Å². The molecule has 0 spiro atoms. The number of hydrogen-bond donors (Lipinski definition) is 1. The lowest BCUT2D eigenvalue weighted by molar-refractivity contribution is -0.144. The van der Waals surface area contributed by atoms with Crippen LogP contribution in [0.25, 0.3) is 33.4 Å². The first-order chi connectivity index (χ1) is 12.1. The number of benzene rings is 1. The molecular formula is C15H6F6N4O. The average Bonchev–Trinajstić information content (AvgIpc) is 3.20. The molecule has 134 valence electrons. The van der Waals surface area contributed by atoms with Gasteiger partial charge in [0.25, 0.3) is 5.89 Å². The Balaban J connectivity index is 2.09. The number of aromatic nitrogens is 4. The number of H-pyrrole nitrogens is 1. The summed E-state index contributed by atoms with van der Waals surface area (Å²) in [5, 5.41) is 6.76. The molecule has 4 rings (SSSR count). The lowest BCUT2D eigenvalue weighted by Gasteiger charge is -2.15. The van der Waals surface area contributed by atoms with Gasteiger partial charge in [-0.1, -0.05) is 6.07 Å². The Morgan fingerprint density at radius 3 is 2.31 bits per heavy atom. The molecule has 5 nitrogen and oxygen atoms in total. The van der Waals surface area contributed by atoms with Crippen molar-refractivity contribution in [3.8, 4) is 11.6 Å². The van der Waals surface area contributed by atoms with E-state index in [2.05, 4.69) is 15.2 Å². The normalized spacial score (nSPS) is 13.0. The molecule has 26 heavy (non-hydrogen) atoms. The van der Waals surface area contributed by atoms with Gasteiger partial charge in [0, 0.05) is 10.8 Å². The first kappa shape index (κ1) is 16.4. The number of hydrogen-bond acceptors (Lipinski definition) is 4. The van der Waals surface area contributed by atoms with Gasteiger partial charge >= 0.3 is 12.4 Å². The number of rotatable bonds is 1. The summed E-state index contributed by atoms with van der Waals surface area (Å²) < 4.78 is 84.0. The van der Waals surface area contributed by atoms with Crippen LogP contribution >= 0.6 is 0 Å². The van der Waals surface area contributed by atoms with Crippen LogP contribution in [0.1, 0.15) is 11.3 Å². The second kappa shape index (κ2) is 5.19. The van der Waals surface area contributed by atoms with Crippen LogP contribution in [0.5, 0.6) is 0 Å². The molecule has 0 aliphatic heterocycles. The number of nitrogens with one attached hydrogen (secondary N) is 1. The molecule has 3 aromatic heterocycles. The van der Waals surface area contributed by atoms with Crippen molar-refractivity contribution in [2.75, 3.05) is 0 Å². The van der Waals surface area contributed by atoms with E-state index in [1.165, 1.54) is 12.1 Å². The number of nitrogens with zero attached hydrogens (tertiary/aromatic N) is 3. The van der Waals surface area contributed by atoms with Crippen molar-refractivity contribution in [3.63, 3.8) is 0 Å². The van der Waals surface area contributed by atoms with Crippen LogP contribution in [0.4, 0.5) is 26.3 Å². The fraction of sp³-hybridized carbons (Fsp3) is 0.133. The summed E-state index contributed by atoms with van der Waals surface area (Å²) in [6.45, 7) is 0. The molecule has 1 N–H and O–H groups in total. The maximum Gasteiger partial charge on any atom is 0.431 e. The summed E-state index contributed by atoms with van der Waals surface area (Å²) in [7, 11) is 0. The van der Waals surface area contributed by atoms with Crippen molar-refractivity contribution in [1.82, 2.24) is 20.2 Å². The Hall–Kier alpha value is -3.11. The third-order valence-corrected chi connectivity index (χ3v) is 3.77. The number of aromatic amines is 1. The first-order valence-electron chi connectivity index (χ1n) is 7.02. The second-order valence-electron chi connectivity index (χ2n) is 5.40. The van der Waals surface area contributed by atoms with Crippen LogP contribution in [0, 0.1) is 0 Å². The van der Waals surface area contributed by atoms with Gasteiger partial charge in [-0.15, -0.1) is 10.2 Å². The maximum atomic E-state index is 13.3. The number of alkyl halides is 6. The molecule has 0 saturated carbocycles. The van der Waals surface area contributed by atoms with Crippen LogP contribution in [0.2, 0.25) is 0 Å². The minimum atomic E-state index is -4.98. The smallest absolute Gasteiger partial charge is 0.422 e. The van der Waals surface area contributed by atoms with Gasteiger partial charge in [-0.2, -0.15) is 26.3 Å². The third-order valence-electron chi connectivity index (χ3n) is 3.77. The van der Waals surface area contributed by atoms with Gasteiger partial charge in [-0.3, -0.25) is 0 Å². The zero-order chi connectivity index (χ0) is 18.7. The van der Waals surface area contributed by atoms with Crippen LogP contribution in [0.15, 0.2) is 35.1 Å². The SMILES string of the molecule is FC(F)(F)c1cc(C(F)(F)F)c2ccc3nc(-c4nnco4)cc3c2[nH]1. The van der Waals surface area contributed by atoms with Gasteiger partial charge in [0.1, 0.15) is 11.4 Å². The molecule has 0 saturated heterocycles. The predicted octanol–water partition coefficient (Wildman–Crippen LogP) is 4.80. The topological polar surface area (TPSA) is 67.6 Å². The van der Waals surface area contributed by atoms with Crippen LogP contribution in [-0.2, 0) is 12.4 Å². The van der Waals surface area contributed by atoms with E-state index in [9.17, 15) is 26.3 Å². The molecule has 0 atom stereocenters. The van der Waals surface area contributed by atoms with Gasteiger partial charge < -0.3 is 9.40 Å². The molecule has 11 heteroatoms. The molecular weight excluding hydrogens is 366 g/mol. The van der Waals surface area contributed by atoms with Crippen LogP contribution < -0.4 is 0 Å². The van der Waals surface area contributed by atoms with E-state index < -0.39 is 29.0 Å². The zero-order valence-electron chi connectivity index (χ0n) is 12.4. The molecule has 0 fully saturated rings. The van der Waals surface area contributed by atoms with Gasteiger partial charge in [-0.25, -0.2) is 4.98 Å². The Bertz CT molecular complexity index is 1110. The Kier molecular flexibility index (Phi) is 3.27.